The van der Waals surface area contributed by atoms with E-state index in [-0.39, 0.29) is 0 Å². The van der Waals surface area contributed by atoms with Gasteiger partial charge in [-0.05, 0) is 0 Å². The molecule has 1 aromatic carbocycles. The molecular weight excluding hydrogens is 290 g/mol. The summed E-state index contributed by atoms with van der Waals surface area (Å²) in [5, 5.41) is 8.27. The van der Waals surface area contributed by atoms with Crippen LogP contribution in [0, 0.1) is 0 Å². The highest BCUT2D eigenvalue weighted by Gasteiger charge is 2.24. The average Bonchev–Trinajstić information content (AvgIpc) is 2.98. The van der Waals surface area contributed by atoms with Crippen LogP contribution in [0.4, 0.5) is 5.82 Å². The number of rotatable bonds is 3. The Morgan fingerprint density at radius 3 is 2.65 bits per heavy atom. The van der Waals surface area contributed by atoms with Crippen LogP contribution in [0.2, 0.25) is 0 Å². The maximum absolute atomic E-state index is 4.44. The van der Waals surface area contributed by atoms with E-state index in [2.05, 4.69) is 55.5 Å². The van der Waals surface area contributed by atoms with Gasteiger partial charge in [0, 0.05) is 12.6 Å². The number of fused-ring (bicyclic) bond motifs is 1. The van der Waals surface area contributed by atoms with E-state index >= 15 is 0 Å². The van der Waals surface area contributed by atoms with Crippen molar-refractivity contribution < 1.29 is 4.90 Å². The van der Waals surface area contributed by atoms with Crippen LogP contribution in [0.3, 0.4) is 0 Å². The first-order chi connectivity index (χ1) is 11.3. The minimum absolute atomic E-state index is 0.786. The molecule has 118 valence electrons. The Bertz CT molecular complexity index is 791. The lowest BCUT2D eigenvalue weighted by atomic mass is 10.2. The van der Waals surface area contributed by atoms with E-state index in [1.807, 2.05) is 7.05 Å². The number of benzene rings is 1. The molecule has 0 unspecified atom stereocenters. The third-order valence-corrected chi connectivity index (χ3v) is 4.44. The molecule has 3 aromatic rings. The van der Waals surface area contributed by atoms with Crippen molar-refractivity contribution in [3.05, 3.63) is 42.2 Å². The van der Waals surface area contributed by atoms with Crippen LogP contribution < -0.4 is 9.80 Å². The number of aryl methyl sites for hydroxylation is 1. The largest absolute Gasteiger partial charge is 0.343 e. The van der Waals surface area contributed by atoms with Gasteiger partial charge in [-0.3, -0.25) is 0 Å². The molecule has 0 radical (unpaired) electrons. The minimum atomic E-state index is 0.786. The summed E-state index contributed by atoms with van der Waals surface area (Å²) in [6, 6.07) is 10.7. The number of nitrogens with zero attached hydrogens (tertiary/aromatic N) is 6. The van der Waals surface area contributed by atoms with Crippen LogP contribution >= 0.6 is 0 Å². The van der Waals surface area contributed by atoms with Gasteiger partial charge >= 0.3 is 0 Å². The molecule has 23 heavy (non-hydrogen) atoms. The van der Waals surface area contributed by atoms with Gasteiger partial charge in [0.15, 0.2) is 17.0 Å². The van der Waals surface area contributed by atoms with E-state index < -0.39 is 0 Å². The Kier molecular flexibility index (Phi) is 3.63. The molecule has 2 aromatic heterocycles. The molecule has 7 heteroatoms. The molecule has 0 atom stereocenters. The van der Waals surface area contributed by atoms with Gasteiger partial charge < -0.3 is 9.80 Å². The SMILES string of the molecule is Cn1nnc2c(N3CC[NH+](Cc4ccccc4)CC3)ncnc21. The predicted octanol–water partition coefficient (Wildman–Crippen LogP) is -0.337. The number of hydrogen-bond donors (Lipinski definition) is 1. The predicted molar refractivity (Wildman–Crippen MR) is 87.2 cm³/mol. The summed E-state index contributed by atoms with van der Waals surface area (Å²) in [5.74, 6) is 0.905. The monoisotopic (exact) mass is 310 g/mol. The number of piperazine rings is 1. The summed E-state index contributed by atoms with van der Waals surface area (Å²) in [5.41, 5.74) is 2.98. The summed E-state index contributed by atoms with van der Waals surface area (Å²) in [6.07, 6.45) is 1.60. The summed E-state index contributed by atoms with van der Waals surface area (Å²) < 4.78 is 1.69. The van der Waals surface area contributed by atoms with Gasteiger partial charge in [-0.1, -0.05) is 35.5 Å². The van der Waals surface area contributed by atoms with Gasteiger partial charge in [-0.15, -0.1) is 5.10 Å². The van der Waals surface area contributed by atoms with Gasteiger partial charge in [0.1, 0.15) is 12.9 Å². The van der Waals surface area contributed by atoms with Crippen molar-refractivity contribution in [3.63, 3.8) is 0 Å². The first kappa shape index (κ1) is 14.1. The first-order valence-corrected chi connectivity index (χ1v) is 7.94. The molecular formula is C16H20N7+. The van der Waals surface area contributed by atoms with Crippen molar-refractivity contribution in [2.45, 2.75) is 6.54 Å². The molecule has 0 amide bonds. The van der Waals surface area contributed by atoms with Gasteiger partial charge in [0.2, 0.25) is 0 Å². The van der Waals surface area contributed by atoms with Gasteiger partial charge in [-0.2, -0.15) is 0 Å². The molecule has 1 fully saturated rings. The highest BCUT2D eigenvalue weighted by atomic mass is 15.4. The molecule has 0 bridgehead atoms. The lowest BCUT2D eigenvalue weighted by Gasteiger charge is -2.32. The molecule has 1 aliphatic heterocycles. The topological polar surface area (TPSA) is 64.2 Å². The molecule has 4 rings (SSSR count). The Morgan fingerprint density at radius 1 is 1.09 bits per heavy atom. The van der Waals surface area contributed by atoms with E-state index in [0.717, 1.165) is 49.7 Å². The summed E-state index contributed by atoms with van der Waals surface area (Å²) in [6.45, 7) is 5.23. The van der Waals surface area contributed by atoms with E-state index in [1.165, 1.54) is 5.56 Å². The van der Waals surface area contributed by atoms with Crippen molar-refractivity contribution in [2.24, 2.45) is 7.05 Å². The Balaban J connectivity index is 1.47. The van der Waals surface area contributed by atoms with Crippen molar-refractivity contribution in [1.82, 2.24) is 25.0 Å². The highest BCUT2D eigenvalue weighted by Crippen LogP contribution is 2.19. The van der Waals surface area contributed by atoms with Crippen LogP contribution in [-0.4, -0.2) is 51.1 Å². The van der Waals surface area contributed by atoms with E-state index in [9.17, 15) is 0 Å². The number of hydrogen-bond acceptors (Lipinski definition) is 5. The fourth-order valence-corrected chi connectivity index (χ4v) is 3.17. The van der Waals surface area contributed by atoms with Crippen molar-refractivity contribution in [1.29, 1.82) is 0 Å². The van der Waals surface area contributed by atoms with E-state index in [1.54, 1.807) is 15.9 Å². The molecule has 1 aliphatic rings. The van der Waals surface area contributed by atoms with Crippen molar-refractivity contribution in [2.75, 3.05) is 31.1 Å². The lowest BCUT2D eigenvalue weighted by molar-refractivity contribution is -0.914. The highest BCUT2D eigenvalue weighted by molar-refractivity contribution is 5.82. The van der Waals surface area contributed by atoms with Crippen LogP contribution in [0.25, 0.3) is 11.2 Å². The molecule has 0 saturated carbocycles. The smallest absolute Gasteiger partial charge is 0.183 e. The standard InChI is InChI=1S/C16H19N7/c1-21-15-14(19-20-21)16(18-12-17-15)23-9-7-22(8-10-23)11-13-5-3-2-4-6-13/h2-6,12H,7-11H2,1H3/p+1. The second-order valence-corrected chi connectivity index (χ2v) is 5.98. The van der Waals surface area contributed by atoms with E-state index in [0.29, 0.717) is 0 Å². The normalized spacial score (nSPS) is 16.1. The number of aromatic nitrogens is 5. The average molecular weight is 310 g/mol. The Morgan fingerprint density at radius 2 is 1.87 bits per heavy atom. The summed E-state index contributed by atoms with van der Waals surface area (Å²) >= 11 is 0. The second-order valence-electron chi connectivity index (χ2n) is 5.98. The molecule has 0 aliphatic carbocycles. The molecule has 1 N–H and O–H groups in total. The zero-order valence-corrected chi connectivity index (χ0v) is 13.2. The fourth-order valence-electron chi connectivity index (χ4n) is 3.17. The van der Waals surface area contributed by atoms with Gasteiger partial charge in [0.05, 0.1) is 26.2 Å². The first-order valence-electron chi connectivity index (χ1n) is 7.94. The third-order valence-electron chi connectivity index (χ3n) is 4.44. The summed E-state index contributed by atoms with van der Waals surface area (Å²) in [4.78, 5) is 12.6. The molecule has 3 heterocycles. The second kappa shape index (κ2) is 5.92. The quantitative estimate of drug-likeness (QED) is 0.717. The van der Waals surface area contributed by atoms with Crippen molar-refractivity contribution in [3.8, 4) is 0 Å². The lowest BCUT2D eigenvalue weighted by Crippen LogP contribution is -3.13. The zero-order valence-electron chi connectivity index (χ0n) is 13.2. The van der Waals surface area contributed by atoms with Crippen LogP contribution in [0.1, 0.15) is 5.56 Å². The summed E-state index contributed by atoms with van der Waals surface area (Å²) in [7, 11) is 1.86. The van der Waals surface area contributed by atoms with Gasteiger partial charge in [-0.25, -0.2) is 14.6 Å². The van der Waals surface area contributed by atoms with Crippen LogP contribution in [0.5, 0.6) is 0 Å². The van der Waals surface area contributed by atoms with Crippen LogP contribution in [0.15, 0.2) is 36.7 Å². The van der Waals surface area contributed by atoms with Crippen LogP contribution in [-0.2, 0) is 13.6 Å². The minimum Gasteiger partial charge on any atom is -0.343 e. The number of quaternary nitrogens is 1. The maximum atomic E-state index is 4.44. The van der Waals surface area contributed by atoms with Crippen molar-refractivity contribution >= 4 is 17.0 Å². The molecule has 7 nitrogen and oxygen atoms in total. The zero-order chi connectivity index (χ0) is 15.6. The number of anilines is 1. The molecule has 1 saturated heterocycles. The molecule has 0 spiro atoms. The number of nitrogens with one attached hydrogen (secondary N) is 1. The van der Waals surface area contributed by atoms with E-state index in [4.69, 9.17) is 0 Å². The fraction of sp³-hybridized carbons (Fsp3) is 0.375. The van der Waals surface area contributed by atoms with Gasteiger partial charge in [0.25, 0.3) is 0 Å². The maximum Gasteiger partial charge on any atom is 0.183 e. The third kappa shape index (κ3) is 2.75. The Labute approximate surface area is 134 Å². The Hall–Kier alpha value is -2.54.